The van der Waals surface area contributed by atoms with Gasteiger partial charge in [0.1, 0.15) is 4.33 Å². The highest BCUT2D eigenvalue weighted by Gasteiger charge is 2.83. The lowest BCUT2D eigenvalue weighted by Crippen LogP contribution is -2.56. The third-order valence-corrected chi connectivity index (χ3v) is 9.20. The van der Waals surface area contributed by atoms with E-state index in [-0.39, 0.29) is 23.6 Å². The van der Waals surface area contributed by atoms with Gasteiger partial charge in [0.15, 0.2) is 0 Å². The minimum Gasteiger partial charge on any atom is -0.126 e. The van der Waals surface area contributed by atoms with Gasteiger partial charge >= 0.3 is 0 Å². The summed E-state index contributed by atoms with van der Waals surface area (Å²) in [4.78, 5) is 0. The lowest BCUT2D eigenvalue weighted by Gasteiger charge is -2.47. The summed E-state index contributed by atoms with van der Waals surface area (Å²) in [6.45, 7) is 0. The first-order valence-corrected chi connectivity index (χ1v) is 8.93. The monoisotopic (exact) mass is 410 g/mol. The topological polar surface area (TPSA) is 0 Å². The van der Waals surface area contributed by atoms with Gasteiger partial charge in [0.05, 0.1) is 16.1 Å². The van der Waals surface area contributed by atoms with Gasteiger partial charge in [0.2, 0.25) is 0 Å². The van der Waals surface area contributed by atoms with Crippen molar-refractivity contribution in [3.8, 4) is 0 Å². The molecule has 2 saturated carbocycles. The first-order valence-electron chi connectivity index (χ1n) is 5.26. The van der Waals surface area contributed by atoms with E-state index in [1.165, 1.54) is 0 Å². The highest BCUT2D eigenvalue weighted by atomic mass is 35.5. The summed E-state index contributed by atoms with van der Waals surface area (Å²) in [6, 6.07) is 0. The van der Waals surface area contributed by atoms with Crippen molar-refractivity contribution in [2.75, 3.05) is 17.6 Å². The van der Waals surface area contributed by atoms with Crippen molar-refractivity contribution < 1.29 is 0 Å². The van der Waals surface area contributed by atoms with E-state index >= 15 is 0 Å². The van der Waals surface area contributed by atoms with Crippen LogP contribution in [0.3, 0.4) is 0 Å². The molecule has 0 aromatic carbocycles. The molecule has 0 saturated heterocycles. The van der Waals surface area contributed by atoms with Gasteiger partial charge in [0.25, 0.3) is 0 Å². The molecule has 0 spiro atoms. The first kappa shape index (κ1) is 16.7. The number of hydrogen-bond acceptors (Lipinski definition) is 0. The van der Waals surface area contributed by atoms with Gasteiger partial charge in [0, 0.05) is 34.4 Å². The highest BCUT2D eigenvalue weighted by molar-refractivity contribution is 6.55. The maximum absolute atomic E-state index is 6.46. The summed E-state index contributed by atoms with van der Waals surface area (Å²) in [6.07, 6.45) is 0. The maximum Gasteiger partial charge on any atom is 0.143 e. The van der Waals surface area contributed by atoms with Crippen LogP contribution in [-0.2, 0) is 0 Å². The van der Waals surface area contributed by atoms with E-state index in [1.54, 1.807) is 0 Å². The molecule has 0 heterocycles. The summed E-state index contributed by atoms with van der Waals surface area (Å²) >= 11 is 50.6. The number of fused-ring (bicyclic) bond motifs is 2. The summed E-state index contributed by atoms with van der Waals surface area (Å²) < 4.78 is -1.30. The first-order chi connectivity index (χ1) is 8.28. The zero-order valence-corrected chi connectivity index (χ0v) is 15.0. The predicted molar refractivity (Wildman–Crippen MR) is 83.9 cm³/mol. The fourth-order valence-corrected chi connectivity index (χ4v) is 8.51. The molecule has 18 heavy (non-hydrogen) atoms. The Morgan fingerprint density at radius 2 is 1.28 bits per heavy atom. The summed E-state index contributed by atoms with van der Waals surface area (Å²) in [5.74, 6) is 0.263. The highest BCUT2D eigenvalue weighted by Crippen LogP contribution is 2.77. The standard InChI is InChI=1S/C10H10Cl8/c11-1-8(2-12)4-5(14)7(16)9(8,3-13)10(17,18)6(4)15/h4-7H,1-3H2/t4-,5-,6-,7+,9+/m0/s1. The zero-order chi connectivity index (χ0) is 13.9. The van der Waals surface area contributed by atoms with Crippen molar-refractivity contribution in [1.82, 2.24) is 0 Å². The molecule has 0 unspecified atom stereocenters. The molecule has 5 atom stereocenters. The summed E-state index contributed by atoms with van der Waals surface area (Å²) in [5, 5.41) is -1.52. The molecular weight excluding hydrogens is 404 g/mol. The van der Waals surface area contributed by atoms with E-state index in [1.807, 2.05) is 0 Å². The van der Waals surface area contributed by atoms with Crippen LogP contribution in [-0.4, -0.2) is 38.1 Å². The molecule has 2 fully saturated rings. The molecule has 0 N–H and O–H groups in total. The Morgan fingerprint density at radius 3 is 1.61 bits per heavy atom. The molecule has 0 aromatic heterocycles. The SMILES string of the molecule is ClCC1(CCl)[C@H]2[C@H](Cl)[C@@H](Cl)[C@@]1(CCl)C(Cl)(Cl)[C@H]2Cl. The lowest BCUT2D eigenvalue weighted by atomic mass is 9.70. The smallest absolute Gasteiger partial charge is 0.126 e. The van der Waals surface area contributed by atoms with Crippen molar-refractivity contribution in [3.05, 3.63) is 0 Å². The quantitative estimate of drug-likeness (QED) is 0.550. The van der Waals surface area contributed by atoms with Crippen molar-refractivity contribution in [3.63, 3.8) is 0 Å². The largest absolute Gasteiger partial charge is 0.143 e. The van der Waals surface area contributed by atoms with Crippen LogP contribution in [0.25, 0.3) is 0 Å². The van der Waals surface area contributed by atoms with E-state index in [9.17, 15) is 0 Å². The average molecular weight is 414 g/mol. The van der Waals surface area contributed by atoms with Crippen molar-refractivity contribution in [2.24, 2.45) is 16.7 Å². The minimum absolute atomic E-state index is 0.108. The predicted octanol–water partition coefficient (Wildman–Crippen LogP) is 5.32. The molecule has 0 nitrogen and oxygen atoms in total. The van der Waals surface area contributed by atoms with Gasteiger partial charge in [-0.3, -0.25) is 0 Å². The summed E-state index contributed by atoms with van der Waals surface area (Å²) in [7, 11) is 0. The van der Waals surface area contributed by atoms with Gasteiger partial charge in [-0.2, -0.15) is 0 Å². The fourth-order valence-electron chi connectivity index (χ4n) is 3.51. The van der Waals surface area contributed by atoms with Gasteiger partial charge in [-0.15, -0.1) is 69.6 Å². The number of hydrogen-bond donors (Lipinski definition) is 0. The zero-order valence-electron chi connectivity index (χ0n) is 8.95. The molecule has 0 aromatic rings. The van der Waals surface area contributed by atoms with Crippen LogP contribution in [0, 0.1) is 16.7 Å². The molecule has 0 radical (unpaired) electrons. The molecule has 2 bridgehead atoms. The van der Waals surface area contributed by atoms with Crippen LogP contribution in [0.4, 0.5) is 0 Å². The van der Waals surface area contributed by atoms with E-state index in [0.717, 1.165) is 0 Å². The Balaban J connectivity index is 2.70. The Bertz CT molecular complexity index is 341. The second-order valence-corrected chi connectivity index (χ2v) is 8.56. The minimum atomic E-state index is -1.30. The number of halogens is 8. The molecule has 2 rings (SSSR count). The van der Waals surface area contributed by atoms with Gasteiger partial charge in [-0.25, -0.2) is 0 Å². The molecule has 2 aliphatic rings. The van der Waals surface area contributed by atoms with E-state index < -0.39 is 31.3 Å². The van der Waals surface area contributed by atoms with E-state index in [2.05, 4.69) is 0 Å². The summed E-state index contributed by atoms with van der Waals surface area (Å²) in [5.41, 5.74) is -1.56. The Morgan fingerprint density at radius 1 is 0.778 bits per heavy atom. The lowest BCUT2D eigenvalue weighted by molar-refractivity contribution is 0.160. The molecule has 2 aliphatic carbocycles. The fraction of sp³-hybridized carbons (Fsp3) is 1.00. The molecule has 0 amide bonds. The van der Waals surface area contributed by atoms with Gasteiger partial charge in [-0.05, 0) is 0 Å². The molecule has 0 aliphatic heterocycles. The Kier molecular flexibility index (Phi) is 4.82. The van der Waals surface area contributed by atoms with Gasteiger partial charge in [-0.1, -0.05) is 23.2 Å². The third kappa shape index (κ3) is 1.56. The second-order valence-electron chi connectivity index (χ2n) is 4.93. The third-order valence-electron chi connectivity index (χ3n) is 4.56. The van der Waals surface area contributed by atoms with Crippen molar-refractivity contribution >= 4 is 92.8 Å². The molecule has 106 valence electrons. The van der Waals surface area contributed by atoms with Crippen LogP contribution < -0.4 is 0 Å². The van der Waals surface area contributed by atoms with Crippen LogP contribution >= 0.6 is 92.8 Å². The van der Waals surface area contributed by atoms with Crippen LogP contribution in [0.5, 0.6) is 0 Å². The normalized spacial score (nSPS) is 48.7. The van der Waals surface area contributed by atoms with E-state index in [4.69, 9.17) is 92.8 Å². The Hall–Kier alpha value is 2.32. The van der Waals surface area contributed by atoms with Crippen LogP contribution in [0.2, 0.25) is 0 Å². The van der Waals surface area contributed by atoms with Crippen molar-refractivity contribution in [1.29, 1.82) is 0 Å². The Labute approximate surface area is 146 Å². The van der Waals surface area contributed by atoms with Crippen LogP contribution in [0.1, 0.15) is 0 Å². The average Bonchev–Trinajstić information content (AvgIpc) is 2.63. The van der Waals surface area contributed by atoms with Gasteiger partial charge < -0.3 is 0 Å². The van der Waals surface area contributed by atoms with Crippen molar-refractivity contribution in [2.45, 2.75) is 20.5 Å². The second kappa shape index (κ2) is 5.20. The van der Waals surface area contributed by atoms with Crippen LogP contribution in [0.15, 0.2) is 0 Å². The molecule has 8 heteroatoms. The maximum atomic E-state index is 6.46. The number of alkyl halides is 8. The number of rotatable bonds is 3. The van der Waals surface area contributed by atoms with E-state index in [0.29, 0.717) is 0 Å². The molecular formula is C10H10Cl8.